The minimum absolute atomic E-state index is 0.316. The number of nitrogens with zero attached hydrogens (tertiary/aromatic N) is 3. The number of para-hydroxylation sites is 1. The van der Waals surface area contributed by atoms with Crippen LogP contribution in [0.4, 0.5) is 5.69 Å². The number of ether oxygens (including phenoxy) is 1. The Balaban J connectivity index is 1.22. The van der Waals surface area contributed by atoms with Crippen molar-refractivity contribution in [1.29, 1.82) is 0 Å². The molecule has 2 N–H and O–H groups in total. The third kappa shape index (κ3) is 6.48. The smallest absolute Gasteiger partial charge is 0.247 e. The molecule has 0 saturated carbocycles. The van der Waals surface area contributed by atoms with Crippen molar-refractivity contribution < 1.29 is 14.3 Å². The van der Waals surface area contributed by atoms with Crippen molar-refractivity contribution in [2.24, 2.45) is 0 Å². The molecule has 7 nitrogen and oxygen atoms in total. The SMILES string of the molecule is CC(O)CNC1CCN(c2ccc(-c3nnc(CSCCOc4ccccc4)o3)cc2)C1. The average Bonchev–Trinajstić information content (AvgIpc) is 3.48. The quantitative estimate of drug-likeness (QED) is 0.425. The van der Waals surface area contributed by atoms with Gasteiger partial charge in [0.25, 0.3) is 0 Å². The van der Waals surface area contributed by atoms with E-state index in [2.05, 4.69) is 32.5 Å². The molecule has 2 aromatic carbocycles. The van der Waals surface area contributed by atoms with Crippen LogP contribution in [0.2, 0.25) is 0 Å². The van der Waals surface area contributed by atoms with Crippen molar-refractivity contribution in [1.82, 2.24) is 15.5 Å². The minimum atomic E-state index is -0.316. The van der Waals surface area contributed by atoms with Crippen molar-refractivity contribution >= 4 is 17.4 Å². The first-order valence-electron chi connectivity index (χ1n) is 11.0. The van der Waals surface area contributed by atoms with E-state index >= 15 is 0 Å². The highest BCUT2D eigenvalue weighted by Gasteiger charge is 2.22. The van der Waals surface area contributed by atoms with Crippen LogP contribution in [-0.2, 0) is 5.75 Å². The zero-order valence-electron chi connectivity index (χ0n) is 18.3. The number of hydrogen-bond acceptors (Lipinski definition) is 8. The average molecular weight is 455 g/mol. The van der Waals surface area contributed by atoms with E-state index in [1.165, 1.54) is 5.69 Å². The summed E-state index contributed by atoms with van der Waals surface area (Å²) in [6.07, 6.45) is 0.763. The van der Waals surface area contributed by atoms with Gasteiger partial charge in [-0.2, -0.15) is 0 Å². The van der Waals surface area contributed by atoms with E-state index in [1.54, 1.807) is 18.7 Å². The highest BCUT2D eigenvalue weighted by Crippen LogP contribution is 2.25. The number of rotatable bonds is 11. The van der Waals surface area contributed by atoms with Crippen LogP contribution in [0, 0.1) is 0 Å². The number of aliphatic hydroxyl groups is 1. The van der Waals surface area contributed by atoms with Crippen molar-refractivity contribution in [2.45, 2.75) is 31.2 Å². The second kappa shape index (κ2) is 11.4. The van der Waals surface area contributed by atoms with Gasteiger partial charge < -0.3 is 24.5 Å². The normalized spacial score (nSPS) is 16.9. The first kappa shape index (κ1) is 22.6. The molecule has 170 valence electrons. The van der Waals surface area contributed by atoms with Gasteiger partial charge >= 0.3 is 0 Å². The Labute approximate surface area is 193 Å². The Hall–Kier alpha value is -2.55. The van der Waals surface area contributed by atoms with Crippen LogP contribution in [0.1, 0.15) is 19.2 Å². The molecule has 0 bridgehead atoms. The fraction of sp³-hybridized carbons (Fsp3) is 0.417. The van der Waals surface area contributed by atoms with Gasteiger partial charge in [-0.3, -0.25) is 0 Å². The number of benzene rings is 2. The number of thioether (sulfide) groups is 1. The second-order valence-electron chi connectivity index (χ2n) is 7.95. The first-order chi connectivity index (χ1) is 15.7. The van der Waals surface area contributed by atoms with Crippen molar-refractivity contribution in [2.75, 3.05) is 36.9 Å². The third-order valence-electron chi connectivity index (χ3n) is 5.30. The number of aliphatic hydroxyl groups excluding tert-OH is 1. The maximum atomic E-state index is 9.45. The lowest BCUT2D eigenvalue weighted by Gasteiger charge is -2.19. The highest BCUT2D eigenvalue weighted by molar-refractivity contribution is 7.98. The third-order valence-corrected chi connectivity index (χ3v) is 6.21. The molecular weight excluding hydrogens is 424 g/mol. The van der Waals surface area contributed by atoms with Crippen molar-refractivity contribution in [3.8, 4) is 17.2 Å². The predicted octanol–water partition coefficient (Wildman–Crippen LogP) is 3.60. The molecule has 2 unspecified atom stereocenters. The van der Waals surface area contributed by atoms with Crippen LogP contribution in [0.5, 0.6) is 5.75 Å². The van der Waals surface area contributed by atoms with E-state index in [1.807, 2.05) is 42.5 Å². The summed E-state index contributed by atoms with van der Waals surface area (Å²) >= 11 is 1.71. The summed E-state index contributed by atoms with van der Waals surface area (Å²) in [5, 5.41) is 21.2. The summed E-state index contributed by atoms with van der Waals surface area (Å²) in [6, 6.07) is 18.5. The summed E-state index contributed by atoms with van der Waals surface area (Å²) in [5.74, 6) is 3.57. The molecule has 0 amide bonds. The summed E-state index contributed by atoms with van der Waals surface area (Å²) in [6.45, 7) is 5.04. The standard InChI is InChI=1S/C24H30N4O3S/c1-18(29)15-25-20-11-12-28(16-20)21-9-7-19(8-10-21)24-27-26-23(31-24)17-32-14-13-30-22-5-3-2-4-6-22/h2-10,18,20,25,29H,11-17H2,1H3. The van der Waals surface area contributed by atoms with Gasteiger partial charge in [0.15, 0.2) is 0 Å². The van der Waals surface area contributed by atoms with Crippen molar-refractivity contribution in [3.05, 3.63) is 60.5 Å². The number of aromatic nitrogens is 2. The van der Waals surface area contributed by atoms with Gasteiger partial charge in [-0.05, 0) is 49.7 Å². The van der Waals surface area contributed by atoms with Gasteiger partial charge in [-0.15, -0.1) is 22.0 Å². The van der Waals surface area contributed by atoms with Crippen molar-refractivity contribution in [3.63, 3.8) is 0 Å². The van der Waals surface area contributed by atoms with Crippen LogP contribution in [0.3, 0.4) is 0 Å². The molecule has 0 spiro atoms. The fourth-order valence-electron chi connectivity index (χ4n) is 3.64. The van der Waals surface area contributed by atoms with Gasteiger partial charge in [-0.1, -0.05) is 18.2 Å². The number of hydrogen-bond donors (Lipinski definition) is 2. The summed E-state index contributed by atoms with van der Waals surface area (Å²) < 4.78 is 11.5. The summed E-state index contributed by atoms with van der Waals surface area (Å²) in [5.41, 5.74) is 2.11. The minimum Gasteiger partial charge on any atom is -0.493 e. The number of nitrogens with one attached hydrogen (secondary N) is 1. The number of anilines is 1. The zero-order valence-corrected chi connectivity index (χ0v) is 19.1. The highest BCUT2D eigenvalue weighted by atomic mass is 32.2. The molecule has 8 heteroatoms. The van der Waals surface area contributed by atoms with E-state index < -0.39 is 0 Å². The summed E-state index contributed by atoms with van der Waals surface area (Å²) in [7, 11) is 0. The Morgan fingerprint density at radius 3 is 2.78 bits per heavy atom. The Kier molecular flexibility index (Phi) is 8.03. The molecular formula is C24H30N4O3S. The molecule has 0 radical (unpaired) electrons. The van der Waals surface area contributed by atoms with E-state index in [0.29, 0.717) is 36.7 Å². The topological polar surface area (TPSA) is 83.7 Å². The van der Waals surface area contributed by atoms with E-state index in [9.17, 15) is 5.11 Å². The maximum Gasteiger partial charge on any atom is 0.247 e. The molecule has 0 aliphatic carbocycles. The molecule has 2 atom stereocenters. The van der Waals surface area contributed by atoms with Gasteiger partial charge in [0.2, 0.25) is 11.8 Å². The van der Waals surface area contributed by atoms with Crippen LogP contribution in [0.25, 0.3) is 11.5 Å². The molecule has 1 aliphatic heterocycles. The van der Waals surface area contributed by atoms with E-state index in [4.69, 9.17) is 9.15 Å². The Morgan fingerprint density at radius 1 is 1.19 bits per heavy atom. The molecule has 1 aromatic heterocycles. The summed E-state index contributed by atoms with van der Waals surface area (Å²) in [4.78, 5) is 2.36. The molecule has 32 heavy (non-hydrogen) atoms. The molecule has 2 heterocycles. The fourth-order valence-corrected chi connectivity index (χ4v) is 4.27. The molecule has 1 fully saturated rings. The zero-order chi connectivity index (χ0) is 22.2. The lowest BCUT2D eigenvalue weighted by Crippen LogP contribution is -2.36. The predicted molar refractivity (Wildman–Crippen MR) is 128 cm³/mol. The van der Waals surface area contributed by atoms with Crippen LogP contribution in [0.15, 0.2) is 59.0 Å². The Morgan fingerprint density at radius 2 is 2.00 bits per heavy atom. The van der Waals surface area contributed by atoms with Crippen LogP contribution in [-0.4, -0.2) is 59.4 Å². The van der Waals surface area contributed by atoms with Crippen LogP contribution < -0.4 is 15.0 Å². The van der Waals surface area contributed by atoms with Gasteiger partial charge in [0.05, 0.1) is 18.5 Å². The first-order valence-corrected chi connectivity index (χ1v) is 12.2. The Bertz CT molecular complexity index is 949. The lowest BCUT2D eigenvalue weighted by molar-refractivity contribution is 0.187. The van der Waals surface area contributed by atoms with Gasteiger partial charge in [-0.25, -0.2) is 0 Å². The molecule has 4 rings (SSSR count). The molecule has 3 aromatic rings. The largest absolute Gasteiger partial charge is 0.493 e. The monoisotopic (exact) mass is 454 g/mol. The van der Waals surface area contributed by atoms with Gasteiger partial charge in [0.1, 0.15) is 5.75 Å². The maximum absolute atomic E-state index is 9.45. The van der Waals surface area contributed by atoms with Crippen LogP contribution >= 0.6 is 11.8 Å². The molecule has 1 aliphatic rings. The lowest BCUT2D eigenvalue weighted by atomic mass is 10.2. The molecule has 1 saturated heterocycles. The van der Waals surface area contributed by atoms with E-state index in [-0.39, 0.29) is 6.10 Å². The van der Waals surface area contributed by atoms with Gasteiger partial charge in [0, 0.05) is 42.7 Å². The van der Waals surface area contributed by atoms with E-state index in [0.717, 1.165) is 36.6 Å². The second-order valence-corrected chi connectivity index (χ2v) is 9.06.